The highest BCUT2D eigenvalue weighted by Crippen LogP contribution is 2.24. The first-order chi connectivity index (χ1) is 9.13. The van der Waals surface area contributed by atoms with Crippen molar-refractivity contribution in [2.45, 2.75) is 20.3 Å². The minimum Gasteiger partial charge on any atom is -0.497 e. The number of benzene rings is 1. The number of nitrogens with one attached hydrogen (secondary N) is 1. The maximum Gasteiger partial charge on any atom is 0.139 e. The topological polar surface area (TPSA) is 73.1 Å². The lowest BCUT2D eigenvalue weighted by Crippen LogP contribution is -2.06. The summed E-state index contributed by atoms with van der Waals surface area (Å²) in [6.07, 6.45) is 0.747. The Labute approximate surface area is 112 Å². The van der Waals surface area contributed by atoms with Gasteiger partial charge in [0.05, 0.1) is 7.11 Å². The van der Waals surface area contributed by atoms with E-state index in [1.807, 2.05) is 38.1 Å². The van der Waals surface area contributed by atoms with E-state index < -0.39 is 0 Å². The van der Waals surface area contributed by atoms with Crippen molar-refractivity contribution in [2.75, 3.05) is 18.2 Å². The van der Waals surface area contributed by atoms with Crippen LogP contribution in [-0.2, 0) is 6.42 Å². The number of rotatable bonds is 4. The smallest absolute Gasteiger partial charge is 0.139 e. The molecule has 1 aromatic carbocycles. The molecule has 0 aliphatic rings. The molecule has 0 fully saturated rings. The average molecular weight is 258 g/mol. The summed E-state index contributed by atoms with van der Waals surface area (Å²) in [4.78, 5) is 8.69. The van der Waals surface area contributed by atoms with Gasteiger partial charge in [-0.2, -0.15) is 0 Å². The number of ether oxygens (including phenoxy) is 1. The predicted octanol–water partition coefficient (Wildman–Crippen LogP) is 2.68. The Morgan fingerprint density at radius 1 is 1.32 bits per heavy atom. The van der Waals surface area contributed by atoms with E-state index in [-0.39, 0.29) is 0 Å². The van der Waals surface area contributed by atoms with E-state index in [0.29, 0.717) is 5.82 Å². The van der Waals surface area contributed by atoms with Crippen LogP contribution in [0.25, 0.3) is 0 Å². The Hall–Kier alpha value is -2.30. The molecule has 19 heavy (non-hydrogen) atoms. The van der Waals surface area contributed by atoms with Crippen LogP contribution in [0.2, 0.25) is 0 Å². The number of aromatic nitrogens is 2. The fraction of sp³-hybridized carbons (Fsp3) is 0.286. The van der Waals surface area contributed by atoms with E-state index in [0.717, 1.165) is 35.1 Å². The zero-order valence-electron chi connectivity index (χ0n) is 11.4. The van der Waals surface area contributed by atoms with Gasteiger partial charge in [0.1, 0.15) is 23.2 Å². The van der Waals surface area contributed by atoms with Gasteiger partial charge in [-0.1, -0.05) is 13.0 Å². The van der Waals surface area contributed by atoms with Crippen molar-refractivity contribution < 1.29 is 4.74 Å². The number of hydrogen-bond donors (Lipinski definition) is 2. The lowest BCUT2D eigenvalue weighted by molar-refractivity contribution is 0.415. The van der Waals surface area contributed by atoms with Gasteiger partial charge < -0.3 is 15.8 Å². The normalized spacial score (nSPS) is 10.3. The SMILES string of the molecule is CCc1nc(N)c(C)c(Nc2cccc(OC)c2)n1. The maximum atomic E-state index is 5.89. The Bertz CT molecular complexity index is 584. The van der Waals surface area contributed by atoms with Crippen molar-refractivity contribution >= 4 is 17.3 Å². The Morgan fingerprint density at radius 3 is 2.79 bits per heavy atom. The van der Waals surface area contributed by atoms with Gasteiger partial charge in [0, 0.05) is 23.7 Å². The zero-order valence-corrected chi connectivity index (χ0v) is 11.4. The molecule has 0 bridgehead atoms. The predicted molar refractivity (Wildman–Crippen MR) is 76.8 cm³/mol. The molecule has 0 aliphatic heterocycles. The third kappa shape index (κ3) is 2.93. The van der Waals surface area contributed by atoms with Crippen LogP contribution in [0.1, 0.15) is 18.3 Å². The van der Waals surface area contributed by atoms with Crippen molar-refractivity contribution in [3.63, 3.8) is 0 Å². The summed E-state index contributed by atoms with van der Waals surface area (Å²) < 4.78 is 5.19. The van der Waals surface area contributed by atoms with Crippen LogP contribution < -0.4 is 15.8 Å². The maximum absolute atomic E-state index is 5.89. The molecule has 0 unspecified atom stereocenters. The molecule has 0 radical (unpaired) electrons. The second kappa shape index (κ2) is 5.56. The van der Waals surface area contributed by atoms with Gasteiger partial charge in [-0.25, -0.2) is 9.97 Å². The molecule has 0 aliphatic carbocycles. The fourth-order valence-corrected chi connectivity index (χ4v) is 1.70. The molecule has 0 amide bonds. The van der Waals surface area contributed by atoms with Crippen molar-refractivity contribution in [1.29, 1.82) is 0 Å². The van der Waals surface area contributed by atoms with Crippen LogP contribution in [0.3, 0.4) is 0 Å². The molecule has 1 heterocycles. The number of hydrogen-bond acceptors (Lipinski definition) is 5. The fourth-order valence-electron chi connectivity index (χ4n) is 1.70. The summed E-state index contributed by atoms with van der Waals surface area (Å²) in [5.74, 6) is 2.77. The van der Waals surface area contributed by atoms with Crippen molar-refractivity contribution in [3.8, 4) is 5.75 Å². The standard InChI is InChI=1S/C14H18N4O/c1-4-12-17-13(15)9(2)14(18-12)16-10-6-5-7-11(8-10)19-3/h5-8H,4H2,1-3H3,(H3,15,16,17,18). The van der Waals surface area contributed by atoms with Crippen LogP contribution in [0.4, 0.5) is 17.3 Å². The monoisotopic (exact) mass is 258 g/mol. The van der Waals surface area contributed by atoms with Crippen molar-refractivity contribution in [1.82, 2.24) is 9.97 Å². The largest absolute Gasteiger partial charge is 0.497 e. The van der Waals surface area contributed by atoms with E-state index in [1.165, 1.54) is 0 Å². The molecule has 0 atom stereocenters. The molecule has 0 saturated carbocycles. The Kier molecular flexibility index (Phi) is 3.85. The molecule has 100 valence electrons. The van der Waals surface area contributed by atoms with Crippen molar-refractivity contribution in [3.05, 3.63) is 35.7 Å². The lowest BCUT2D eigenvalue weighted by Gasteiger charge is -2.12. The first kappa shape index (κ1) is 13.1. The number of nitrogen functional groups attached to an aromatic ring is 1. The van der Waals surface area contributed by atoms with Crippen LogP contribution in [0.15, 0.2) is 24.3 Å². The van der Waals surface area contributed by atoms with Gasteiger partial charge in [-0.05, 0) is 19.1 Å². The van der Waals surface area contributed by atoms with E-state index in [4.69, 9.17) is 10.5 Å². The molecule has 3 N–H and O–H groups in total. The minimum atomic E-state index is 0.511. The Morgan fingerprint density at radius 2 is 2.11 bits per heavy atom. The highest BCUT2D eigenvalue weighted by Gasteiger charge is 2.08. The summed E-state index contributed by atoms with van der Waals surface area (Å²) in [5, 5.41) is 3.25. The summed E-state index contributed by atoms with van der Waals surface area (Å²) >= 11 is 0. The first-order valence-corrected chi connectivity index (χ1v) is 6.18. The first-order valence-electron chi connectivity index (χ1n) is 6.18. The van der Waals surface area contributed by atoms with Crippen molar-refractivity contribution in [2.24, 2.45) is 0 Å². The van der Waals surface area contributed by atoms with Gasteiger partial charge in [-0.3, -0.25) is 0 Å². The Balaban J connectivity index is 2.34. The summed E-state index contributed by atoms with van der Waals surface area (Å²) in [7, 11) is 1.64. The third-order valence-electron chi connectivity index (χ3n) is 2.88. The van der Waals surface area contributed by atoms with Crippen LogP contribution in [0, 0.1) is 6.92 Å². The van der Waals surface area contributed by atoms with Gasteiger partial charge in [0.2, 0.25) is 0 Å². The highest BCUT2D eigenvalue weighted by molar-refractivity contribution is 5.64. The molecule has 2 rings (SSSR count). The van der Waals surface area contributed by atoms with Gasteiger partial charge in [0.15, 0.2) is 0 Å². The third-order valence-corrected chi connectivity index (χ3v) is 2.88. The molecular weight excluding hydrogens is 240 g/mol. The van der Waals surface area contributed by atoms with Crippen LogP contribution >= 0.6 is 0 Å². The second-order valence-corrected chi connectivity index (χ2v) is 4.21. The number of anilines is 3. The number of methoxy groups -OCH3 is 1. The molecule has 0 spiro atoms. The van der Waals surface area contributed by atoms with Gasteiger partial charge in [-0.15, -0.1) is 0 Å². The molecule has 5 nitrogen and oxygen atoms in total. The van der Waals surface area contributed by atoms with Crippen LogP contribution in [0.5, 0.6) is 5.75 Å². The minimum absolute atomic E-state index is 0.511. The summed E-state index contributed by atoms with van der Waals surface area (Å²) in [5.41, 5.74) is 7.64. The van der Waals surface area contributed by atoms with E-state index in [9.17, 15) is 0 Å². The highest BCUT2D eigenvalue weighted by atomic mass is 16.5. The van der Waals surface area contributed by atoms with E-state index in [1.54, 1.807) is 7.11 Å². The molecule has 0 saturated heterocycles. The van der Waals surface area contributed by atoms with Gasteiger partial charge in [0.25, 0.3) is 0 Å². The second-order valence-electron chi connectivity index (χ2n) is 4.21. The molecule has 5 heteroatoms. The van der Waals surface area contributed by atoms with Gasteiger partial charge >= 0.3 is 0 Å². The number of aryl methyl sites for hydroxylation is 1. The zero-order chi connectivity index (χ0) is 13.8. The van der Waals surface area contributed by atoms with E-state index in [2.05, 4.69) is 15.3 Å². The quantitative estimate of drug-likeness (QED) is 0.882. The number of nitrogens with zero attached hydrogens (tertiary/aromatic N) is 2. The lowest BCUT2D eigenvalue weighted by atomic mass is 10.2. The molecule has 2 aromatic rings. The molecular formula is C14H18N4O. The summed E-state index contributed by atoms with van der Waals surface area (Å²) in [6, 6.07) is 7.67. The average Bonchev–Trinajstić information content (AvgIpc) is 2.43. The molecule has 1 aromatic heterocycles. The van der Waals surface area contributed by atoms with E-state index >= 15 is 0 Å². The number of nitrogens with two attached hydrogens (primary N) is 1. The van der Waals surface area contributed by atoms with Crippen LogP contribution in [-0.4, -0.2) is 17.1 Å². The summed E-state index contributed by atoms with van der Waals surface area (Å²) in [6.45, 7) is 3.90.